The summed E-state index contributed by atoms with van der Waals surface area (Å²) in [5.41, 5.74) is 1.32. The van der Waals surface area contributed by atoms with Gasteiger partial charge in [-0.3, -0.25) is 0 Å². The van der Waals surface area contributed by atoms with Gasteiger partial charge in [-0.15, -0.1) is 23.5 Å². The van der Waals surface area contributed by atoms with Crippen LogP contribution in [0.5, 0.6) is 0 Å². The maximum Gasteiger partial charge on any atom is 0.127 e. The van der Waals surface area contributed by atoms with E-state index in [0.29, 0.717) is 0 Å². The van der Waals surface area contributed by atoms with Crippen molar-refractivity contribution in [3.8, 4) is 11.8 Å². The largest absolute Gasteiger partial charge is 0.131 e. The lowest BCUT2D eigenvalue weighted by molar-refractivity contribution is 0.415. The van der Waals surface area contributed by atoms with Gasteiger partial charge in [0.25, 0.3) is 0 Å². The summed E-state index contributed by atoms with van der Waals surface area (Å²) in [6, 6.07) is 10.3. The molecule has 96 valence electrons. The Balaban J connectivity index is 2.29. The van der Waals surface area contributed by atoms with E-state index < -0.39 is 0 Å². The minimum Gasteiger partial charge on any atom is -0.131 e. The molecule has 1 heterocycles. The lowest BCUT2D eigenvalue weighted by Gasteiger charge is -2.42. The monoisotopic (exact) mass is 276 g/mol. The van der Waals surface area contributed by atoms with E-state index in [-0.39, 0.29) is 9.49 Å². The second-order valence-corrected chi connectivity index (χ2v) is 8.41. The standard InChI is InChI=1S/C16H20S2/c1-15(2,3)16(17-12-7-13-18-16)11-10-14-8-5-4-6-9-14/h4-6,8-9H,7,12-13H2,1-3H3. The molecule has 1 saturated heterocycles. The Labute approximate surface area is 119 Å². The highest BCUT2D eigenvalue weighted by Gasteiger charge is 2.43. The van der Waals surface area contributed by atoms with Crippen LogP contribution in [0.1, 0.15) is 32.8 Å². The SMILES string of the molecule is CC(C)(C)C1(C#Cc2ccccc2)SCCCS1. The van der Waals surface area contributed by atoms with Crippen molar-refractivity contribution in [2.75, 3.05) is 11.5 Å². The van der Waals surface area contributed by atoms with Crippen molar-refractivity contribution in [1.29, 1.82) is 0 Å². The van der Waals surface area contributed by atoms with Gasteiger partial charge in [0.1, 0.15) is 4.08 Å². The Hall–Kier alpha value is -0.520. The molecule has 0 radical (unpaired) electrons. The van der Waals surface area contributed by atoms with Gasteiger partial charge < -0.3 is 0 Å². The molecule has 0 saturated carbocycles. The van der Waals surface area contributed by atoms with Gasteiger partial charge in [0.2, 0.25) is 0 Å². The fourth-order valence-electron chi connectivity index (χ4n) is 1.90. The maximum atomic E-state index is 3.57. The number of hydrogen-bond donors (Lipinski definition) is 0. The first-order chi connectivity index (χ1) is 8.54. The van der Waals surface area contributed by atoms with Crippen LogP contribution in [0.25, 0.3) is 0 Å². The maximum absolute atomic E-state index is 3.57. The lowest BCUT2D eigenvalue weighted by atomic mass is 9.91. The summed E-state index contributed by atoms with van der Waals surface area (Å²) in [6.07, 6.45) is 1.31. The van der Waals surface area contributed by atoms with Crippen LogP contribution >= 0.6 is 23.5 Å². The number of thioether (sulfide) groups is 2. The van der Waals surface area contributed by atoms with Gasteiger partial charge in [0.15, 0.2) is 0 Å². The first-order valence-electron chi connectivity index (χ1n) is 6.40. The molecule has 1 aromatic rings. The Morgan fingerprint density at radius 1 is 1.06 bits per heavy atom. The van der Waals surface area contributed by atoms with E-state index in [1.165, 1.54) is 17.9 Å². The molecule has 0 aromatic heterocycles. The van der Waals surface area contributed by atoms with Crippen molar-refractivity contribution in [2.45, 2.75) is 31.3 Å². The topological polar surface area (TPSA) is 0 Å². The zero-order valence-electron chi connectivity index (χ0n) is 11.3. The average Bonchev–Trinajstić information content (AvgIpc) is 2.37. The molecule has 0 N–H and O–H groups in total. The van der Waals surface area contributed by atoms with E-state index in [1.54, 1.807) is 0 Å². The van der Waals surface area contributed by atoms with Crippen LogP contribution in [0.4, 0.5) is 0 Å². The molecule has 2 rings (SSSR count). The smallest absolute Gasteiger partial charge is 0.127 e. The van der Waals surface area contributed by atoms with Crippen LogP contribution in [0.3, 0.4) is 0 Å². The van der Waals surface area contributed by atoms with Crippen LogP contribution in [0, 0.1) is 17.3 Å². The molecule has 1 aliphatic rings. The highest BCUT2D eigenvalue weighted by Crippen LogP contribution is 2.52. The first kappa shape index (κ1) is 13.9. The summed E-state index contributed by atoms with van der Waals surface area (Å²) in [5.74, 6) is 9.40. The number of benzene rings is 1. The van der Waals surface area contributed by atoms with E-state index in [2.05, 4.69) is 56.9 Å². The molecule has 0 bridgehead atoms. The highest BCUT2D eigenvalue weighted by atomic mass is 32.2. The van der Waals surface area contributed by atoms with Crippen molar-refractivity contribution in [3.63, 3.8) is 0 Å². The Morgan fingerprint density at radius 3 is 2.22 bits per heavy atom. The average molecular weight is 276 g/mol. The molecule has 0 aliphatic carbocycles. The van der Waals surface area contributed by atoms with Crippen molar-refractivity contribution < 1.29 is 0 Å². The fourth-order valence-corrected chi connectivity index (χ4v) is 5.18. The molecular formula is C16H20S2. The zero-order valence-corrected chi connectivity index (χ0v) is 13.0. The van der Waals surface area contributed by atoms with E-state index in [1.807, 2.05) is 29.6 Å². The summed E-state index contributed by atoms with van der Waals surface area (Å²) >= 11 is 4.05. The van der Waals surface area contributed by atoms with Crippen molar-refractivity contribution >= 4 is 23.5 Å². The molecule has 0 atom stereocenters. The molecule has 0 amide bonds. The summed E-state index contributed by atoms with van der Waals surface area (Å²) in [6.45, 7) is 6.91. The van der Waals surface area contributed by atoms with E-state index in [4.69, 9.17) is 0 Å². The van der Waals surface area contributed by atoms with Crippen LogP contribution in [-0.4, -0.2) is 15.6 Å². The van der Waals surface area contributed by atoms with Crippen LogP contribution in [0.2, 0.25) is 0 Å². The summed E-state index contributed by atoms with van der Waals surface area (Å²) < 4.78 is 0.0427. The first-order valence-corrected chi connectivity index (χ1v) is 8.37. The van der Waals surface area contributed by atoms with Crippen LogP contribution in [-0.2, 0) is 0 Å². The van der Waals surface area contributed by atoms with Crippen molar-refractivity contribution in [1.82, 2.24) is 0 Å². The third kappa shape index (κ3) is 3.08. The van der Waals surface area contributed by atoms with Gasteiger partial charge in [-0.25, -0.2) is 0 Å². The molecule has 2 heteroatoms. The predicted octanol–water partition coefficient (Wildman–Crippen LogP) is 4.65. The summed E-state index contributed by atoms with van der Waals surface area (Å²) in [4.78, 5) is 0. The van der Waals surface area contributed by atoms with Gasteiger partial charge in [-0.2, -0.15) is 0 Å². The molecule has 1 fully saturated rings. The zero-order chi connectivity index (χ0) is 13.1. The minimum atomic E-state index is 0.0427. The normalized spacial score (nSPS) is 18.8. The molecule has 0 nitrogen and oxygen atoms in total. The third-order valence-electron chi connectivity index (χ3n) is 3.03. The number of rotatable bonds is 0. The highest BCUT2D eigenvalue weighted by molar-refractivity contribution is 8.19. The predicted molar refractivity (Wildman–Crippen MR) is 85.0 cm³/mol. The third-order valence-corrected chi connectivity index (χ3v) is 6.97. The molecule has 1 aliphatic heterocycles. The minimum absolute atomic E-state index is 0.0427. The van der Waals surface area contributed by atoms with Gasteiger partial charge in [0.05, 0.1) is 0 Å². The fraction of sp³-hybridized carbons (Fsp3) is 0.500. The second kappa shape index (κ2) is 5.63. The second-order valence-electron chi connectivity index (χ2n) is 5.53. The lowest BCUT2D eigenvalue weighted by Crippen LogP contribution is -2.37. The molecule has 0 spiro atoms. The van der Waals surface area contributed by atoms with E-state index in [0.717, 1.165) is 5.56 Å². The molecule has 0 unspecified atom stereocenters. The number of hydrogen-bond acceptors (Lipinski definition) is 2. The van der Waals surface area contributed by atoms with Gasteiger partial charge >= 0.3 is 0 Å². The summed E-state index contributed by atoms with van der Waals surface area (Å²) in [5, 5.41) is 0. The Kier molecular flexibility index (Phi) is 4.35. The van der Waals surface area contributed by atoms with Gasteiger partial charge in [0, 0.05) is 5.56 Å². The molecule has 18 heavy (non-hydrogen) atoms. The van der Waals surface area contributed by atoms with Gasteiger partial charge in [-0.1, -0.05) is 50.8 Å². The molecular weight excluding hydrogens is 256 g/mol. The Bertz CT molecular complexity index is 439. The van der Waals surface area contributed by atoms with Gasteiger partial charge in [-0.05, 0) is 35.5 Å². The van der Waals surface area contributed by atoms with E-state index in [9.17, 15) is 0 Å². The Morgan fingerprint density at radius 2 is 1.67 bits per heavy atom. The van der Waals surface area contributed by atoms with Crippen LogP contribution < -0.4 is 0 Å². The van der Waals surface area contributed by atoms with Crippen LogP contribution in [0.15, 0.2) is 30.3 Å². The summed E-state index contributed by atoms with van der Waals surface area (Å²) in [7, 11) is 0. The quantitative estimate of drug-likeness (QED) is 0.633. The van der Waals surface area contributed by atoms with E-state index >= 15 is 0 Å². The van der Waals surface area contributed by atoms with Crippen molar-refractivity contribution in [3.05, 3.63) is 35.9 Å². The van der Waals surface area contributed by atoms with Crippen molar-refractivity contribution in [2.24, 2.45) is 5.41 Å². The molecule has 1 aromatic carbocycles.